The lowest BCUT2D eigenvalue weighted by atomic mass is 10.2. The van der Waals surface area contributed by atoms with E-state index in [0.29, 0.717) is 0 Å². The molecule has 2 heterocycles. The van der Waals surface area contributed by atoms with E-state index in [0.717, 1.165) is 18.9 Å². The van der Waals surface area contributed by atoms with Gasteiger partial charge in [0.25, 0.3) is 5.82 Å². The number of hydrogen-bond donors (Lipinski definition) is 0. The fourth-order valence-electron chi connectivity index (χ4n) is 2.30. The van der Waals surface area contributed by atoms with Crippen molar-refractivity contribution in [1.82, 2.24) is 0 Å². The summed E-state index contributed by atoms with van der Waals surface area (Å²) in [5, 5.41) is 0. The van der Waals surface area contributed by atoms with E-state index < -0.39 is 0 Å². The predicted octanol–water partition coefficient (Wildman–Crippen LogP) is 1.78. The maximum Gasteiger partial charge on any atom is 0.282 e. The second kappa shape index (κ2) is 4.61. The van der Waals surface area contributed by atoms with Gasteiger partial charge in [0.15, 0.2) is 0 Å². The van der Waals surface area contributed by atoms with Crippen molar-refractivity contribution < 1.29 is 4.57 Å². The fourth-order valence-corrected chi connectivity index (χ4v) is 2.30. The van der Waals surface area contributed by atoms with Crippen LogP contribution in [0.1, 0.15) is 5.56 Å². The standard InChI is InChI=1S/C15H16N3/c1-17-11-6-5-9-14(17)18-12-10-16-15(18)13-7-3-2-4-8-13/h2-9,11H,10,12H2,1H3/q+1. The quantitative estimate of drug-likeness (QED) is 0.730. The molecule has 3 rings (SSSR count). The molecule has 0 N–H and O–H groups in total. The Bertz CT molecular complexity index is 575. The Morgan fingerprint density at radius 3 is 2.61 bits per heavy atom. The first-order valence-electron chi connectivity index (χ1n) is 6.18. The highest BCUT2D eigenvalue weighted by molar-refractivity contribution is 6.10. The summed E-state index contributed by atoms with van der Waals surface area (Å²) in [4.78, 5) is 6.91. The van der Waals surface area contributed by atoms with Gasteiger partial charge in [-0.3, -0.25) is 0 Å². The van der Waals surface area contributed by atoms with Crippen LogP contribution in [0.25, 0.3) is 0 Å². The maximum atomic E-state index is 4.63. The molecule has 0 saturated carbocycles. The zero-order chi connectivity index (χ0) is 12.4. The van der Waals surface area contributed by atoms with Crippen molar-refractivity contribution in [1.29, 1.82) is 0 Å². The smallest absolute Gasteiger partial charge is 0.243 e. The molecule has 0 spiro atoms. The van der Waals surface area contributed by atoms with Gasteiger partial charge >= 0.3 is 0 Å². The largest absolute Gasteiger partial charge is 0.282 e. The Morgan fingerprint density at radius 1 is 1.06 bits per heavy atom. The van der Waals surface area contributed by atoms with Crippen molar-refractivity contribution in [2.24, 2.45) is 12.0 Å². The first-order valence-corrected chi connectivity index (χ1v) is 6.18. The molecular formula is C15H16N3+. The first kappa shape index (κ1) is 11.0. The Labute approximate surface area is 107 Å². The average molecular weight is 238 g/mol. The number of aryl methyl sites for hydroxylation is 1. The summed E-state index contributed by atoms with van der Waals surface area (Å²) in [6.45, 7) is 1.81. The van der Waals surface area contributed by atoms with Crippen LogP contribution in [-0.4, -0.2) is 18.9 Å². The van der Waals surface area contributed by atoms with Crippen LogP contribution in [0.15, 0.2) is 59.7 Å². The van der Waals surface area contributed by atoms with Crippen molar-refractivity contribution in [2.75, 3.05) is 18.0 Å². The molecule has 0 atom stereocenters. The van der Waals surface area contributed by atoms with Gasteiger partial charge < -0.3 is 0 Å². The minimum atomic E-state index is 0.860. The molecular weight excluding hydrogens is 222 g/mol. The van der Waals surface area contributed by atoms with Gasteiger partial charge in [0.05, 0.1) is 19.8 Å². The normalized spacial score (nSPS) is 14.7. The van der Waals surface area contributed by atoms with Gasteiger partial charge in [-0.05, 0) is 18.2 Å². The second-order valence-electron chi connectivity index (χ2n) is 4.39. The number of rotatable bonds is 2. The molecule has 3 heteroatoms. The van der Waals surface area contributed by atoms with Crippen LogP contribution in [-0.2, 0) is 7.05 Å². The van der Waals surface area contributed by atoms with Crippen LogP contribution in [0.5, 0.6) is 0 Å². The van der Waals surface area contributed by atoms with E-state index >= 15 is 0 Å². The topological polar surface area (TPSA) is 19.5 Å². The summed E-state index contributed by atoms with van der Waals surface area (Å²) >= 11 is 0. The van der Waals surface area contributed by atoms with E-state index in [9.17, 15) is 0 Å². The summed E-state index contributed by atoms with van der Waals surface area (Å²) in [5.41, 5.74) is 1.18. The molecule has 1 aromatic heterocycles. The first-order chi connectivity index (χ1) is 8.86. The highest BCUT2D eigenvalue weighted by atomic mass is 15.3. The van der Waals surface area contributed by atoms with Crippen LogP contribution in [0.2, 0.25) is 0 Å². The number of pyridine rings is 1. The maximum absolute atomic E-state index is 4.63. The van der Waals surface area contributed by atoms with Crippen LogP contribution in [0, 0.1) is 0 Å². The van der Waals surface area contributed by atoms with Gasteiger partial charge in [0.2, 0.25) is 5.84 Å². The molecule has 0 aliphatic carbocycles. The Kier molecular flexibility index (Phi) is 2.81. The Hall–Kier alpha value is -2.16. The van der Waals surface area contributed by atoms with E-state index in [1.54, 1.807) is 0 Å². The summed E-state index contributed by atoms with van der Waals surface area (Å²) in [5.74, 6) is 2.25. The number of hydrogen-bond acceptors (Lipinski definition) is 2. The van der Waals surface area contributed by atoms with E-state index in [2.05, 4.69) is 64.1 Å². The molecule has 0 amide bonds. The summed E-state index contributed by atoms with van der Waals surface area (Å²) < 4.78 is 2.13. The van der Waals surface area contributed by atoms with E-state index in [4.69, 9.17) is 0 Å². The number of benzene rings is 1. The van der Waals surface area contributed by atoms with Gasteiger partial charge in [0, 0.05) is 11.6 Å². The lowest BCUT2D eigenvalue weighted by molar-refractivity contribution is -0.658. The van der Waals surface area contributed by atoms with Gasteiger partial charge in [-0.1, -0.05) is 24.3 Å². The Morgan fingerprint density at radius 2 is 1.83 bits per heavy atom. The van der Waals surface area contributed by atoms with Crippen LogP contribution in [0.4, 0.5) is 5.82 Å². The highest BCUT2D eigenvalue weighted by Gasteiger charge is 2.28. The lowest BCUT2D eigenvalue weighted by Gasteiger charge is -2.14. The molecule has 0 fully saturated rings. The van der Waals surface area contributed by atoms with Gasteiger partial charge in [0.1, 0.15) is 6.54 Å². The summed E-state index contributed by atoms with van der Waals surface area (Å²) in [6, 6.07) is 16.6. The number of amidine groups is 1. The molecule has 3 nitrogen and oxygen atoms in total. The van der Waals surface area contributed by atoms with Gasteiger partial charge in [-0.25, -0.2) is 14.5 Å². The number of nitrogens with zero attached hydrogens (tertiary/aromatic N) is 3. The SMILES string of the molecule is C[n+]1ccccc1N1CCN=C1c1ccccc1. The molecule has 0 bridgehead atoms. The van der Waals surface area contributed by atoms with Crippen molar-refractivity contribution in [3.8, 4) is 0 Å². The summed E-state index contributed by atoms with van der Waals surface area (Å²) in [7, 11) is 2.07. The minimum absolute atomic E-state index is 0.860. The summed E-state index contributed by atoms with van der Waals surface area (Å²) in [6.07, 6.45) is 2.07. The van der Waals surface area contributed by atoms with E-state index in [1.165, 1.54) is 11.4 Å². The minimum Gasteiger partial charge on any atom is -0.243 e. The van der Waals surface area contributed by atoms with Gasteiger partial charge in [-0.2, -0.15) is 0 Å². The second-order valence-corrected chi connectivity index (χ2v) is 4.39. The molecule has 0 unspecified atom stereocenters. The average Bonchev–Trinajstić information content (AvgIpc) is 2.89. The van der Waals surface area contributed by atoms with Crippen LogP contribution < -0.4 is 9.47 Å². The number of aromatic nitrogens is 1. The van der Waals surface area contributed by atoms with E-state index in [-0.39, 0.29) is 0 Å². The lowest BCUT2D eigenvalue weighted by Crippen LogP contribution is -2.41. The Balaban J connectivity index is 2.00. The third-order valence-electron chi connectivity index (χ3n) is 3.18. The predicted molar refractivity (Wildman–Crippen MR) is 72.8 cm³/mol. The zero-order valence-corrected chi connectivity index (χ0v) is 10.5. The van der Waals surface area contributed by atoms with Crippen molar-refractivity contribution in [3.63, 3.8) is 0 Å². The highest BCUT2D eigenvalue weighted by Crippen LogP contribution is 2.17. The number of anilines is 1. The molecule has 1 aliphatic rings. The van der Waals surface area contributed by atoms with Crippen molar-refractivity contribution >= 4 is 11.7 Å². The molecule has 0 radical (unpaired) electrons. The molecule has 1 aromatic carbocycles. The number of aliphatic imine (C=N–C) groups is 1. The van der Waals surface area contributed by atoms with Gasteiger partial charge in [-0.15, -0.1) is 0 Å². The third-order valence-corrected chi connectivity index (χ3v) is 3.18. The van der Waals surface area contributed by atoms with Crippen molar-refractivity contribution in [3.05, 3.63) is 60.3 Å². The molecule has 90 valence electrons. The molecule has 2 aromatic rings. The van der Waals surface area contributed by atoms with Crippen molar-refractivity contribution in [2.45, 2.75) is 0 Å². The van der Waals surface area contributed by atoms with Crippen LogP contribution in [0.3, 0.4) is 0 Å². The van der Waals surface area contributed by atoms with E-state index in [1.807, 2.05) is 12.1 Å². The molecule has 0 saturated heterocycles. The molecule has 1 aliphatic heterocycles. The fraction of sp³-hybridized carbons (Fsp3) is 0.200. The van der Waals surface area contributed by atoms with Crippen LogP contribution >= 0.6 is 0 Å². The monoisotopic (exact) mass is 238 g/mol. The zero-order valence-electron chi connectivity index (χ0n) is 10.5. The molecule has 18 heavy (non-hydrogen) atoms. The third kappa shape index (κ3) is 1.88.